The van der Waals surface area contributed by atoms with Gasteiger partial charge in [-0.05, 0) is 25.0 Å². The van der Waals surface area contributed by atoms with E-state index >= 15 is 0 Å². The summed E-state index contributed by atoms with van der Waals surface area (Å²) in [6, 6.07) is 1.55. The molecule has 0 spiro atoms. The maximum absolute atomic E-state index is 11.7. The molecule has 0 aliphatic rings. The second kappa shape index (κ2) is 13.8. The number of anilines is 1. The van der Waals surface area contributed by atoms with Crippen molar-refractivity contribution in [2.45, 2.75) is 60.8 Å². The second-order valence-corrected chi connectivity index (χ2v) is 3.77. The van der Waals surface area contributed by atoms with Gasteiger partial charge >= 0.3 is 5.97 Å². The van der Waals surface area contributed by atoms with Crippen LogP contribution in [0.15, 0.2) is 12.3 Å². The zero-order valence-corrected chi connectivity index (χ0v) is 13.8. The Balaban J connectivity index is 0. The van der Waals surface area contributed by atoms with Crippen LogP contribution in [-0.2, 0) is 4.74 Å². The summed E-state index contributed by atoms with van der Waals surface area (Å²) in [6.45, 7) is 12.4. The number of unbranched alkanes of at least 4 members (excludes halogenated alkanes) is 2. The van der Waals surface area contributed by atoms with Crippen LogP contribution in [0.4, 0.5) is 5.82 Å². The third kappa shape index (κ3) is 8.51. The lowest BCUT2D eigenvalue weighted by Gasteiger charge is -2.07. The van der Waals surface area contributed by atoms with E-state index in [0.717, 1.165) is 24.8 Å². The number of carbonyl (C=O) groups is 1. The van der Waals surface area contributed by atoms with Gasteiger partial charge in [-0.3, -0.25) is 0 Å². The Morgan fingerprint density at radius 1 is 1.25 bits per heavy atom. The monoisotopic (exact) mass is 282 g/mol. The number of pyridine rings is 1. The summed E-state index contributed by atoms with van der Waals surface area (Å²) in [5.74, 6) is 0.0220. The number of esters is 1. The van der Waals surface area contributed by atoms with Gasteiger partial charge in [-0.2, -0.15) is 0 Å². The molecule has 0 bridgehead atoms. The fourth-order valence-corrected chi connectivity index (χ4v) is 1.35. The smallest absolute Gasteiger partial charge is 0.338 e. The van der Waals surface area contributed by atoms with Gasteiger partial charge in [0, 0.05) is 6.20 Å². The molecular weight excluding hydrogens is 252 g/mol. The molecule has 0 fully saturated rings. The van der Waals surface area contributed by atoms with E-state index in [1.54, 1.807) is 12.3 Å². The lowest BCUT2D eigenvalue weighted by Crippen LogP contribution is -2.09. The van der Waals surface area contributed by atoms with Crippen molar-refractivity contribution < 1.29 is 9.53 Å². The van der Waals surface area contributed by atoms with Gasteiger partial charge in [-0.1, -0.05) is 47.5 Å². The van der Waals surface area contributed by atoms with E-state index in [1.165, 1.54) is 0 Å². The van der Waals surface area contributed by atoms with Crippen LogP contribution in [0.3, 0.4) is 0 Å². The summed E-state index contributed by atoms with van der Waals surface area (Å²) in [5, 5.41) is 0. The van der Waals surface area contributed by atoms with Crippen LogP contribution in [-0.4, -0.2) is 17.6 Å². The van der Waals surface area contributed by atoms with Gasteiger partial charge in [0.1, 0.15) is 5.82 Å². The van der Waals surface area contributed by atoms with Gasteiger partial charge in [0.15, 0.2) is 0 Å². The quantitative estimate of drug-likeness (QED) is 0.643. The van der Waals surface area contributed by atoms with E-state index in [2.05, 4.69) is 11.9 Å². The molecule has 0 saturated heterocycles. The molecule has 0 saturated carbocycles. The van der Waals surface area contributed by atoms with Crippen molar-refractivity contribution in [3.05, 3.63) is 23.4 Å². The van der Waals surface area contributed by atoms with Crippen molar-refractivity contribution in [2.24, 2.45) is 0 Å². The van der Waals surface area contributed by atoms with E-state index in [0.29, 0.717) is 18.0 Å². The fraction of sp³-hybridized carbons (Fsp3) is 0.625. The molecule has 20 heavy (non-hydrogen) atoms. The molecule has 1 aromatic rings. The minimum atomic E-state index is -0.317. The van der Waals surface area contributed by atoms with E-state index < -0.39 is 0 Å². The van der Waals surface area contributed by atoms with Gasteiger partial charge in [0.25, 0.3) is 0 Å². The first-order chi connectivity index (χ1) is 9.65. The molecule has 0 atom stereocenters. The Bertz CT molecular complexity index is 365. The number of ether oxygens (including phenoxy) is 1. The Morgan fingerprint density at radius 3 is 2.40 bits per heavy atom. The van der Waals surface area contributed by atoms with Gasteiger partial charge in [-0.25, -0.2) is 9.78 Å². The van der Waals surface area contributed by atoms with E-state index in [9.17, 15) is 4.79 Å². The van der Waals surface area contributed by atoms with Crippen molar-refractivity contribution in [2.75, 3.05) is 12.3 Å². The zero-order chi connectivity index (χ0) is 16.0. The molecule has 1 rings (SSSR count). The highest BCUT2D eigenvalue weighted by molar-refractivity contribution is 5.91. The first kappa shape index (κ1) is 20.7. The maximum atomic E-state index is 11.7. The number of hydrogen-bond acceptors (Lipinski definition) is 4. The Morgan fingerprint density at radius 2 is 1.85 bits per heavy atom. The summed E-state index contributed by atoms with van der Waals surface area (Å²) in [6.07, 6.45) is 4.67. The van der Waals surface area contributed by atoms with Crippen LogP contribution < -0.4 is 5.73 Å². The standard InChI is InChI=1S/C12H18N2O2.2C2H6/c1-3-4-5-6-16-12(15)10-7-11(13)14-8-9(10)2;2*1-2/h7-8H,3-6H2,1-2H3,(H2,13,14);2*1-2H3. The number of aromatic nitrogens is 1. The molecule has 0 aromatic carbocycles. The number of nitrogen functional groups attached to an aromatic ring is 1. The molecule has 2 N–H and O–H groups in total. The fourth-order valence-electron chi connectivity index (χ4n) is 1.35. The van der Waals surface area contributed by atoms with E-state index in [1.807, 2.05) is 34.6 Å². The molecule has 0 aliphatic heterocycles. The normalized spacial score (nSPS) is 8.70. The third-order valence-corrected chi connectivity index (χ3v) is 2.33. The molecule has 0 unspecified atom stereocenters. The summed E-state index contributed by atoms with van der Waals surface area (Å²) in [7, 11) is 0. The maximum Gasteiger partial charge on any atom is 0.338 e. The van der Waals surface area contributed by atoms with Crippen molar-refractivity contribution >= 4 is 11.8 Å². The van der Waals surface area contributed by atoms with Crippen molar-refractivity contribution in [1.29, 1.82) is 0 Å². The molecule has 4 nitrogen and oxygen atoms in total. The van der Waals surface area contributed by atoms with E-state index in [-0.39, 0.29) is 5.97 Å². The Hall–Kier alpha value is -1.58. The SMILES string of the molecule is CC.CC.CCCCCOC(=O)c1cc(N)ncc1C. The minimum Gasteiger partial charge on any atom is -0.462 e. The number of hydrogen-bond donors (Lipinski definition) is 1. The lowest BCUT2D eigenvalue weighted by atomic mass is 10.1. The summed E-state index contributed by atoms with van der Waals surface area (Å²) in [4.78, 5) is 15.6. The summed E-state index contributed by atoms with van der Waals surface area (Å²) in [5.41, 5.74) is 6.81. The van der Waals surface area contributed by atoms with Crippen LogP contribution in [0.25, 0.3) is 0 Å². The number of rotatable bonds is 5. The van der Waals surface area contributed by atoms with Crippen molar-refractivity contribution in [3.63, 3.8) is 0 Å². The second-order valence-electron chi connectivity index (χ2n) is 3.77. The van der Waals surface area contributed by atoms with Gasteiger partial charge in [0.2, 0.25) is 0 Å². The minimum absolute atomic E-state index is 0.317. The van der Waals surface area contributed by atoms with Crippen LogP contribution in [0.2, 0.25) is 0 Å². The van der Waals surface area contributed by atoms with Crippen LogP contribution >= 0.6 is 0 Å². The number of aryl methyl sites for hydroxylation is 1. The highest BCUT2D eigenvalue weighted by Gasteiger charge is 2.10. The molecule has 116 valence electrons. The average Bonchev–Trinajstić information content (AvgIpc) is 2.50. The van der Waals surface area contributed by atoms with Crippen molar-refractivity contribution in [1.82, 2.24) is 4.98 Å². The largest absolute Gasteiger partial charge is 0.462 e. The third-order valence-electron chi connectivity index (χ3n) is 2.33. The highest BCUT2D eigenvalue weighted by Crippen LogP contribution is 2.11. The molecule has 1 aromatic heterocycles. The van der Waals surface area contributed by atoms with Gasteiger partial charge in [-0.15, -0.1) is 0 Å². The average molecular weight is 282 g/mol. The summed E-state index contributed by atoms with van der Waals surface area (Å²) < 4.78 is 5.14. The number of nitrogens with two attached hydrogens (primary N) is 1. The summed E-state index contributed by atoms with van der Waals surface area (Å²) >= 11 is 0. The van der Waals surface area contributed by atoms with Gasteiger partial charge < -0.3 is 10.5 Å². The van der Waals surface area contributed by atoms with Crippen LogP contribution in [0.5, 0.6) is 0 Å². The number of carbonyl (C=O) groups excluding carboxylic acids is 1. The van der Waals surface area contributed by atoms with Crippen LogP contribution in [0, 0.1) is 6.92 Å². The first-order valence-corrected chi connectivity index (χ1v) is 7.54. The Kier molecular flexibility index (Phi) is 14.3. The predicted octanol–water partition coefficient (Wildman–Crippen LogP) is 4.37. The Labute approximate surface area is 123 Å². The predicted molar refractivity (Wildman–Crippen MR) is 85.9 cm³/mol. The van der Waals surface area contributed by atoms with Crippen molar-refractivity contribution in [3.8, 4) is 0 Å². The molecular formula is C16H30N2O2. The number of nitrogens with zero attached hydrogens (tertiary/aromatic N) is 1. The molecule has 1 heterocycles. The first-order valence-electron chi connectivity index (χ1n) is 7.54. The topological polar surface area (TPSA) is 65.2 Å². The molecule has 0 amide bonds. The van der Waals surface area contributed by atoms with Crippen LogP contribution in [0.1, 0.15) is 69.8 Å². The van der Waals surface area contributed by atoms with Gasteiger partial charge in [0.05, 0.1) is 12.2 Å². The lowest BCUT2D eigenvalue weighted by molar-refractivity contribution is 0.0497. The highest BCUT2D eigenvalue weighted by atomic mass is 16.5. The van der Waals surface area contributed by atoms with E-state index in [4.69, 9.17) is 10.5 Å². The molecule has 0 aliphatic carbocycles. The molecule has 4 heteroatoms. The zero-order valence-electron chi connectivity index (χ0n) is 13.8. The molecule has 0 radical (unpaired) electrons.